The fourth-order valence-corrected chi connectivity index (χ4v) is 8.58. The number of methoxy groups -OCH3 is 1. The molecule has 7 atom stereocenters. The third kappa shape index (κ3) is 4.44. The molecule has 2 unspecified atom stereocenters. The number of rotatable bonds is 4. The second kappa shape index (κ2) is 8.54. The van der Waals surface area contributed by atoms with Gasteiger partial charge in [0.05, 0.1) is 31.4 Å². The molecule has 1 spiro atoms. The van der Waals surface area contributed by atoms with Crippen molar-refractivity contribution in [3.05, 3.63) is 0 Å². The summed E-state index contributed by atoms with van der Waals surface area (Å²) in [5, 5.41) is 38.6. The molecule has 0 amide bonds. The maximum atomic E-state index is 12.0. The number of hydrogen-bond acceptors (Lipinski definition) is 8. The Bertz CT molecular complexity index is 411. The Kier molecular flexibility index (Phi) is 7.26. The van der Waals surface area contributed by atoms with Gasteiger partial charge in [0.1, 0.15) is 12.2 Å². The van der Waals surface area contributed by atoms with E-state index in [0.717, 1.165) is 0 Å². The molecular formula is C13H26O8S2. The van der Waals surface area contributed by atoms with Crippen molar-refractivity contribution in [3.8, 4) is 0 Å². The van der Waals surface area contributed by atoms with E-state index in [4.69, 9.17) is 18.2 Å². The molecule has 2 fully saturated rings. The summed E-state index contributed by atoms with van der Waals surface area (Å²) in [6.07, 6.45) is -2.27. The van der Waals surface area contributed by atoms with Gasteiger partial charge in [-0.15, -0.1) is 0 Å². The van der Waals surface area contributed by atoms with Gasteiger partial charge in [-0.25, -0.2) is 10.0 Å². The van der Waals surface area contributed by atoms with Crippen molar-refractivity contribution in [2.24, 2.45) is 0 Å². The highest BCUT2D eigenvalue weighted by atomic mass is 32.3. The van der Waals surface area contributed by atoms with E-state index in [-0.39, 0.29) is 17.8 Å². The molecule has 4 N–H and O–H groups in total. The van der Waals surface area contributed by atoms with Gasteiger partial charge in [0, 0.05) is 18.1 Å². The summed E-state index contributed by atoms with van der Waals surface area (Å²) >= 11 is -2.10. The van der Waals surface area contributed by atoms with Gasteiger partial charge in [-0.3, -0.25) is 8.37 Å². The third-order valence-electron chi connectivity index (χ3n) is 4.58. The van der Waals surface area contributed by atoms with Crippen LogP contribution in [0.1, 0.15) is 12.8 Å². The topological polar surface area (TPSA) is 126 Å². The van der Waals surface area contributed by atoms with E-state index in [1.54, 1.807) is 0 Å². The van der Waals surface area contributed by atoms with Crippen LogP contribution >= 0.6 is 10.0 Å². The predicted octanol–water partition coefficient (Wildman–Crippen LogP) is -1.37. The van der Waals surface area contributed by atoms with Crippen molar-refractivity contribution in [1.82, 2.24) is 0 Å². The first kappa shape index (κ1) is 19.5. The molecule has 2 saturated heterocycles. The molecule has 0 aromatic carbocycles. The molecule has 0 aromatic heterocycles. The summed E-state index contributed by atoms with van der Waals surface area (Å²) < 4.78 is 27.9. The standard InChI is InChI=1S/C13H26O8S2/c1-19-12-2-3-23(7-9(16)4-10(23)5-14)8-20-22(18)21-13(12)11(17)6-15/h9-17H,2-8H2,1H3/t9-,10-,11+,12+,13-,22?/m0/s1. The van der Waals surface area contributed by atoms with E-state index in [0.29, 0.717) is 24.3 Å². The summed E-state index contributed by atoms with van der Waals surface area (Å²) in [4.78, 5) is 0. The fraction of sp³-hybridized carbons (Fsp3) is 1.00. The van der Waals surface area contributed by atoms with Gasteiger partial charge in [0.15, 0.2) is 0 Å². The lowest BCUT2D eigenvalue weighted by Crippen LogP contribution is -2.43. The molecule has 0 saturated carbocycles. The molecule has 10 heteroatoms. The Balaban J connectivity index is 2.22. The zero-order chi connectivity index (χ0) is 17.0. The molecule has 0 radical (unpaired) electrons. The Hall–Kier alpha value is 0.220. The number of aliphatic hydroxyl groups excluding tert-OH is 4. The lowest BCUT2D eigenvalue weighted by molar-refractivity contribution is -0.0755. The first-order chi connectivity index (χ1) is 11.0. The van der Waals surface area contributed by atoms with Crippen LogP contribution in [0.4, 0.5) is 0 Å². The van der Waals surface area contributed by atoms with Crippen molar-refractivity contribution in [2.75, 3.05) is 37.8 Å². The van der Waals surface area contributed by atoms with Gasteiger partial charge in [0.2, 0.25) is 0 Å². The van der Waals surface area contributed by atoms with Gasteiger partial charge >= 0.3 is 11.4 Å². The van der Waals surface area contributed by atoms with Crippen molar-refractivity contribution < 1.29 is 37.7 Å². The molecular weight excluding hydrogens is 348 g/mol. The fourth-order valence-electron chi connectivity index (χ4n) is 3.28. The minimum atomic E-state index is -2.10. The maximum absolute atomic E-state index is 12.0. The second-order valence-electron chi connectivity index (χ2n) is 5.99. The van der Waals surface area contributed by atoms with Crippen LogP contribution in [0.5, 0.6) is 0 Å². The smallest absolute Gasteiger partial charge is 0.305 e. The molecule has 2 aliphatic heterocycles. The summed E-state index contributed by atoms with van der Waals surface area (Å²) in [5.74, 6) is 1.34. The molecule has 138 valence electrons. The largest absolute Gasteiger partial charge is 0.395 e. The molecule has 0 aliphatic carbocycles. The van der Waals surface area contributed by atoms with Crippen LogP contribution in [0.3, 0.4) is 0 Å². The Labute approximate surface area is 139 Å². The highest BCUT2D eigenvalue weighted by molar-refractivity contribution is 8.34. The lowest BCUT2D eigenvalue weighted by atomic mass is 10.1. The van der Waals surface area contributed by atoms with Crippen LogP contribution in [-0.4, -0.2) is 92.1 Å². The summed E-state index contributed by atoms with van der Waals surface area (Å²) in [6.45, 7) is -0.596. The predicted molar refractivity (Wildman–Crippen MR) is 86.3 cm³/mol. The molecule has 2 aliphatic rings. The van der Waals surface area contributed by atoms with Crippen molar-refractivity contribution in [2.45, 2.75) is 42.5 Å². The van der Waals surface area contributed by atoms with Crippen LogP contribution in [0, 0.1) is 0 Å². The van der Waals surface area contributed by atoms with E-state index in [1.807, 2.05) is 0 Å². The zero-order valence-corrected chi connectivity index (χ0v) is 14.7. The van der Waals surface area contributed by atoms with Crippen LogP contribution < -0.4 is 0 Å². The summed E-state index contributed by atoms with van der Waals surface area (Å²) in [7, 11) is -0.0766. The maximum Gasteiger partial charge on any atom is 0.305 e. The van der Waals surface area contributed by atoms with E-state index in [1.165, 1.54) is 7.11 Å². The van der Waals surface area contributed by atoms with E-state index in [9.17, 15) is 19.5 Å². The van der Waals surface area contributed by atoms with Crippen molar-refractivity contribution in [3.63, 3.8) is 0 Å². The average molecular weight is 374 g/mol. The normalized spacial score (nSPS) is 46.6. The van der Waals surface area contributed by atoms with Crippen LogP contribution in [0.15, 0.2) is 0 Å². The quantitative estimate of drug-likeness (QED) is 0.475. The minimum absolute atomic E-state index is 0.0520. The number of hydrogen-bond donors (Lipinski definition) is 4. The number of aliphatic hydroxyl groups is 4. The van der Waals surface area contributed by atoms with Gasteiger partial charge in [0.25, 0.3) is 0 Å². The molecule has 2 heterocycles. The van der Waals surface area contributed by atoms with Gasteiger partial charge in [-0.2, -0.15) is 4.21 Å². The monoisotopic (exact) mass is 374 g/mol. The highest BCUT2D eigenvalue weighted by Crippen LogP contribution is 2.60. The first-order valence-electron chi connectivity index (χ1n) is 7.54. The Morgan fingerprint density at radius 3 is 2.78 bits per heavy atom. The summed E-state index contributed by atoms with van der Waals surface area (Å²) in [6, 6.07) is 0. The van der Waals surface area contributed by atoms with E-state index in [2.05, 4.69) is 0 Å². The summed E-state index contributed by atoms with van der Waals surface area (Å²) in [5.41, 5.74) is 0. The molecule has 8 nitrogen and oxygen atoms in total. The third-order valence-corrected chi connectivity index (χ3v) is 9.86. The van der Waals surface area contributed by atoms with Gasteiger partial charge in [-0.1, -0.05) is 0 Å². The number of ether oxygens (including phenoxy) is 1. The van der Waals surface area contributed by atoms with Gasteiger partial charge < -0.3 is 25.2 Å². The van der Waals surface area contributed by atoms with Crippen molar-refractivity contribution in [1.29, 1.82) is 0 Å². The van der Waals surface area contributed by atoms with E-state index < -0.39 is 52.4 Å². The van der Waals surface area contributed by atoms with Crippen molar-refractivity contribution >= 4 is 21.4 Å². The Morgan fingerprint density at radius 2 is 2.17 bits per heavy atom. The molecule has 0 aromatic rings. The average Bonchev–Trinajstić information content (AvgIpc) is 2.89. The van der Waals surface area contributed by atoms with Crippen LogP contribution in [0.2, 0.25) is 0 Å². The van der Waals surface area contributed by atoms with Crippen LogP contribution in [-0.2, 0) is 24.5 Å². The molecule has 23 heavy (non-hydrogen) atoms. The Morgan fingerprint density at radius 1 is 1.43 bits per heavy atom. The SMILES string of the molecule is CO[C@@H]1CCS2(COS(=O)O[C@H]1[C@H](O)CO)C[C@@H](O)C[C@H]2CO. The molecule has 2 rings (SSSR count). The zero-order valence-electron chi connectivity index (χ0n) is 13.1. The highest BCUT2D eigenvalue weighted by Gasteiger charge is 2.45. The minimum Gasteiger partial charge on any atom is -0.395 e. The first-order valence-corrected chi connectivity index (χ1v) is 10.7. The molecule has 0 bridgehead atoms. The second-order valence-corrected chi connectivity index (χ2v) is 10.7. The van der Waals surface area contributed by atoms with Gasteiger partial charge in [-0.05, 0) is 18.6 Å². The van der Waals surface area contributed by atoms with Crippen LogP contribution in [0.25, 0.3) is 0 Å². The lowest BCUT2D eigenvalue weighted by Gasteiger charge is -2.40. The van der Waals surface area contributed by atoms with E-state index >= 15 is 0 Å².